The molecule has 15 heteroatoms. The van der Waals surface area contributed by atoms with Crippen LogP contribution in [0.1, 0.15) is 11.3 Å². The molecule has 1 aromatic heterocycles. The normalized spacial score (nSPS) is 12.4. The fourth-order valence-corrected chi connectivity index (χ4v) is 3.71. The number of alkyl halides is 6. The fraction of sp³-hybridized carbons (Fsp3) is 0.200. The second kappa shape index (κ2) is 10.0. The Morgan fingerprint density at radius 2 is 1.43 bits per heavy atom. The van der Waals surface area contributed by atoms with Gasteiger partial charge in [0.15, 0.2) is 5.69 Å². The van der Waals surface area contributed by atoms with Gasteiger partial charge in [-0.25, -0.2) is 22.5 Å². The second-order valence-corrected chi connectivity index (χ2v) is 8.71. The van der Waals surface area contributed by atoms with Crippen molar-refractivity contribution in [3.63, 3.8) is 0 Å². The Hall–Kier alpha value is -3.46. The number of hydrogen-bond acceptors (Lipinski definition) is 6. The number of benzene rings is 2. The van der Waals surface area contributed by atoms with Gasteiger partial charge in [-0.2, -0.15) is 31.3 Å². The first-order chi connectivity index (χ1) is 16.2. The van der Waals surface area contributed by atoms with Crippen LogP contribution in [0.3, 0.4) is 0 Å². The van der Waals surface area contributed by atoms with E-state index in [1.165, 1.54) is 12.1 Å². The number of rotatable bonds is 8. The smallest absolute Gasteiger partial charge is 0.353 e. The predicted molar refractivity (Wildman–Crippen MR) is 112 cm³/mol. The Morgan fingerprint density at radius 3 is 2.00 bits per heavy atom. The number of sulfonamides is 1. The van der Waals surface area contributed by atoms with Gasteiger partial charge in [0.2, 0.25) is 16.0 Å². The molecule has 0 aliphatic rings. The summed E-state index contributed by atoms with van der Waals surface area (Å²) in [6, 6.07) is 8.18. The molecule has 7 nitrogen and oxygen atoms in total. The second-order valence-electron chi connectivity index (χ2n) is 6.94. The zero-order valence-electron chi connectivity index (χ0n) is 17.4. The average molecular weight is 523 g/mol. The molecule has 188 valence electrons. The van der Waals surface area contributed by atoms with Crippen molar-refractivity contribution in [2.75, 3.05) is 23.7 Å². The first-order valence-electron chi connectivity index (χ1n) is 9.64. The van der Waals surface area contributed by atoms with Crippen molar-refractivity contribution in [2.45, 2.75) is 17.2 Å². The number of hydrogen-bond donors (Lipinski definition) is 3. The molecule has 0 radical (unpaired) electrons. The van der Waals surface area contributed by atoms with E-state index in [9.17, 15) is 39.2 Å². The highest BCUT2D eigenvalue weighted by atomic mass is 32.2. The summed E-state index contributed by atoms with van der Waals surface area (Å²) in [5.41, 5.74) is -2.05. The highest BCUT2D eigenvalue weighted by Crippen LogP contribution is 2.31. The number of halogens is 7. The number of aromatic nitrogens is 2. The number of anilines is 3. The predicted octanol–water partition coefficient (Wildman–Crippen LogP) is 4.79. The molecule has 1 heterocycles. The Morgan fingerprint density at radius 1 is 0.800 bits per heavy atom. The van der Waals surface area contributed by atoms with Crippen LogP contribution in [0, 0.1) is 5.82 Å². The van der Waals surface area contributed by atoms with Crippen LogP contribution >= 0.6 is 0 Å². The molecular weight excluding hydrogens is 507 g/mol. The van der Waals surface area contributed by atoms with Crippen molar-refractivity contribution in [3.05, 3.63) is 71.7 Å². The number of nitrogens with zero attached hydrogens (tertiary/aromatic N) is 2. The first-order valence-corrected chi connectivity index (χ1v) is 11.1. The Bertz CT molecular complexity index is 1260. The Labute approximate surface area is 194 Å². The summed E-state index contributed by atoms with van der Waals surface area (Å²) in [5.74, 6) is -1.28. The minimum absolute atomic E-state index is 0.253. The molecule has 35 heavy (non-hydrogen) atoms. The first kappa shape index (κ1) is 26.2. The molecule has 0 amide bonds. The molecule has 0 unspecified atom stereocenters. The molecule has 0 atom stereocenters. The third kappa shape index (κ3) is 7.26. The molecular formula is C20H16F7N5O2S. The monoisotopic (exact) mass is 523 g/mol. The van der Waals surface area contributed by atoms with E-state index >= 15 is 0 Å². The van der Waals surface area contributed by atoms with Gasteiger partial charge in [0.25, 0.3) is 0 Å². The molecule has 3 aromatic rings. The van der Waals surface area contributed by atoms with Gasteiger partial charge >= 0.3 is 12.4 Å². The molecule has 0 fully saturated rings. The van der Waals surface area contributed by atoms with Crippen LogP contribution in [-0.4, -0.2) is 31.5 Å². The molecule has 0 saturated heterocycles. The lowest BCUT2D eigenvalue weighted by Gasteiger charge is -2.13. The lowest BCUT2D eigenvalue weighted by Crippen LogP contribution is -2.29. The van der Waals surface area contributed by atoms with Crippen molar-refractivity contribution >= 4 is 27.5 Å². The maximum absolute atomic E-state index is 13.2. The zero-order chi connectivity index (χ0) is 25.9. The molecule has 0 saturated carbocycles. The molecule has 0 aliphatic heterocycles. The van der Waals surface area contributed by atoms with Crippen LogP contribution in [0.15, 0.2) is 59.5 Å². The summed E-state index contributed by atoms with van der Waals surface area (Å²) < 4.78 is 117. The maximum atomic E-state index is 13.2. The van der Waals surface area contributed by atoms with Crippen molar-refractivity contribution < 1.29 is 39.2 Å². The van der Waals surface area contributed by atoms with Gasteiger partial charge in [0, 0.05) is 24.8 Å². The third-order valence-corrected chi connectivity index (χ3v) is 5.80. The van der Waals surface area contributed by atoms with Crippen LogP contribution in [0.25, 0.3) is 0 Å². The quantitative estimate of drug-likeness (QED) is 0.290. The SMILES string of the molecule is O=S(=O)(NCCNc1nc(Nc2ccc(F)cc2)cc(C(F)(F)F)n1)c1ccc(C(F)(F)F)cc1. The van der Waals surface area contributed by atoms with Crippen molar-refractivity contribution in [1.29, 1.82) is 0 Å². The van der Waals surface area contributed by atoms with Crippen LogP contribution in [0.5, 0.6) is 0 Å². The lowest BCUT2D eigenvalue weighted by molar-refractivity contribution is -0.141. The standard InChI is InChI=1S/C20H16F7N5O2S/c21-13-3-5-14(6-4-13)30-17-11-16(20(25,26)27)31-18(32-17)28-9-10-29-35(33,34)15-7-1-12(2-8-15)19(22,23)24/h1-8,11,29H,9-10H2,(H2,28,30,31,32). The van der Waals surface area contributed by atoms with Gasteiger partial charge in [-0.1, -0.05) is 0 Å². The van der Waals surface area contributed by atoms with Crippen LogP contribution in [-0.2, 0) is 22.4 Å². The minimum Gasteiger partial charge on any atom is -0.353 e. The average Bonchev–Trinajstić information content (AvgIpc) is 2.77. The summed E-state index contributed by atoms with van der Waals surface area (Å²) in [7, 11) is -4.18. The van der Waals surface area contributed by atoms with Crippen LogP contribution in [0.2, 0.25) is 0 Å². The largest absolute Gasteiger partial charge is 0.433 e. The lowest BCUT2D eigenvalue weighted by atomic mass is 10.2. The van der Waals surface area contributed by atoms with Gasteiger partial charge in [0.1, 0.15) is 11.6 Å². The van der Waals surface area contributed by atoms with E-state index < -0.39 is 50.3 Å². The minimum atomic E-state index is -4.82. The van der Waals surface area contributed by atoms with Crippen molar-refractivity contribution in [1.82, 2.24) is 14.7 Å². The Kier molecular flexibility index (Phi) is 7.50. The van der Waals surface area contributed by atoms with E-state index in [0.717, 1.165) is 24.3 Å². The summed E-state index contributed by atoms with van der Waals surface area (Å²) in [5, 5.41) is 5.03. The highest BCUT2D eigenvalue weighted by Gasteiger charge is 2.34. The zero-order valence-corrected chi connectivity index (χ0v) is 18.2. The number of nitrogens with one attached hydrogen (secondary N) is 3. The third-order valence-electron chi connectivity index (χ3n) is 4.33. The van der Waals surface area contributed by atoms with Gasteiger partial charge < -0.3 is 10.6 Å². The van der Waals surface area contributed by atoms with E-state index in [4.69, 9.17) is 0 Å². The molecule has 0 spiro atoms. The van der Waals surface area contributed by atoms with E-state index in [0.29, 0.717) is 18.2 Å². The van der Waals surface area contributed by atoms with Crippen molar-refractivity contribution in [3.8, 4) is 0 Å². The van der Waals surface area contributed by atoms with E-state index in [1.54, 1.807) is 0 Å². The van der Waals surface area contributed by atoms with Crippen LogP contribution < -0.4 is 15.4 Å². The fourth-order valence-electron chi connectivity index (χ4n) is 2.68. The maximum Gasteiger partial charge on any atom is 0.433 e. The molecule has 2 aromatic carbocycles. The van der Waals surface area contributed by atoms with Crippen LogP contribution in [0.4, 0.5) is 48.2 Å². The van der Waals surface area contributed by atoms with Gasteiger partial charge in [-0.3, -0.25) is 0 Å². The molecule has 3 N–H and O–H groups in total. The Balaban J connectivity index is 1.66. The van der Waals surface area contributed by atoms with E-state index in [2.05, 4.69) is 25.3 Å². The molecule has 3 rings (SSSR count). The van der Waals surface area contributed by atoms with Gasteiger partial charge in [-0.15, -0.1) is 0 Å². The van der Waals surface area contributed by atoms with Crippen molar-refractivity contribution in [2.24, 2.45) is 0 Å². The molecule has 0 bridgehead atoms. The molecule has 0 aliphatic carbocycles. The summed E-state index contributed by atoms with van der Waals surface area (Å²) >= 11 is 0. The summed E-state index contributed by atoms with van der Waals surface area (Å²) in [4.78, 5) is 6.81. The highest BCUT2D eigenvalue weighted by molar-refractivity contribution is 7.89. The summed E-state index contributed by atoms with van der Waals surface area (Å²) in [6.45, 7) is -0.596. The topological polar surface area (TPSA) is 96.0 Å². The summed E-state index contributed by atoms with van der Waals surface area (Å²) in [6.07, 6.45) is -9.45. The van der Waals surface area contributed by atoms with E-state index in [1.807, 2.05) is 0 Å². The van der Waals surface area contributed by atoms with Gasteiger partial charge in [0.05, 0.1) is 10.5 Å². The van der Waals surface area contributed by atoms with E-state index in [-0.39, 0.29) is 24.6 Å². The van der Waals surface area contributed by atoms with Gasteiger partial charge in [-0.05, 0) is 48.5 Å².